The van der Waals surface area contributed by atoms with Crippen molar-refractivity contribution in [3.05, 3.63) is 214 Å². The first-order valence-electron chi connectivity index (χ1n) is 52.2. The summed E-state index contributed by atoms with van der Waals surface area (Å²) in [4.78, 5) is 98.7. The number of nitrogens with one attached hydrogen (secondary N) is 2. The Morgan fingerprint density at radius 2 is 0.831 bits per heavy atom. The highest BCUT2D eigenvalue weighted by Crippen LogP contribution is 2.45. The number of hydrogen-bond donors (Lipinski definition) is 8. The van der Waals surface area contributed by atoms with Crippen LogP contribution < -0.4 is 51.2 Å². The van der Waals surface area contributed by atoms with Gasteiger partial charge in [-0.2, -0.15) is 0 Å². The number of carbonyl (C=O) groups is 4. The van der Waals surface area contributed by atoms with Crippen molar-refractivity contribution in [3.63, 3.8) is 0 Å². The summed E-state index contributed by atoms with van der Waals surface area (Å²) in [5, 5.41) is 74.5. The van der Waals surface area contributed by atoms with Crippen LogP contribution in [0.25, 0.3) is 43.4 Å². The molecule has 6 unspecified atom stereocenters. The Kier molecular flexibility index (Phi) is 32.5. The fourth-order valence-corrected chi connectivity index (χ4v) is 24.3. The fraction of sp³-hybridized carbons (Fsp3) is 0.473. The summed E-state index contributed by atoms with van der Waals surface area (Å²) in [6.07, 6.45) is 9.94. The van der Waals surface area contributed by atoms with Gasteiger partial charge in [0.1, 0.15) is 60.2 Å². The summed E-state index contributed by atoms with van der Waals surface area (Å²) in [7, 11) is 0. The molecule has 4 bridgehead atoms. The number of aromatic hydroxyl groups is 2. The molecule has 148 heavy (non-hydrogen) atoms. The number of phenols is 2. The van der Waals surface area contributed by atoms with Crippen LogP contribution in [0.1, 0.15) is 162 Å². The number of rotatable bonds is 36. The number of thiazole rings is 2. The molecule has 8 aliphatic heterocycles. The molecule has 12 atom stereocenters. The number of benzene rings is 4. The number of carbonyl (C=O) groups excluding carboxylic acids is 4. The van der Waals surface area contributed by atoms with Crippen LogP contribution in [0.2, 0.25) is 0 Å². The predicted octanol–water partition coefficient (Wildman–Crippen LogP) is 12.6. The number of piperazine rings is 4. The van der Waals surface area contributed by atoms with E-state index in [1.165, 1.54) is 9.80 Å². The van der Waals surface area contributed by atoms with E-state index in [0.717, 1.165) is 221 Å². The van der Waals surface area contributed by atoms with Gasteiger partial charge in [-0.25, -0.2) is 19.9 Å². The van der Waals surface area contributed by atoms with Gasteiger partial charge in [-0.15, -0.1) is 43.1 Å². The van der Waals surface area contributed by atoms with Gasteiger partial charge in [-0.1, -0.05) is 111 Å². The lowest BCUT2D eigenvalue weighted by Crippen LogP contribution is -2.54. The average molecular weight is 2050 g/mol. The quantitative estimate of drug-likeness (QED) is 0.0181. The Labute approximate surface area is 871 Å². The van der Waals surface area contributed by atoms with Crippen molar-refractivity contribution in [2.24, 2.45) is 11.8 Å². The molecular formula is C110H136N24O12S2. The maximum Gasteiger partial charge on any atom is 0.243 e. The number of nitrogen functional groups attached to an aromatic ring is 2. The number of aliphatic hydroxyl groups excluding tert-OH is 2. The largest absolute Gasteiger partial charge is 0.507 e. The summed E-state index contributed by atoms with van der Waals surface area (Å²) >= 11 is 3.19. The van der Waals surface area contributed by atoms with Crippen molar-refractivity contribution in [3.8, 4) is 66.7 Å². The number of nitrogens with zero attached hydrogens (tertiary/aromatic N) is 20. The van der Waals surface area contributed by atoms with Gasteiger partial charge in [0.05, 0.1) is 90.6 Å². The number of β-amino-alcohol motifs (C(OH)–C–C–N with tert-alkyl or cyclic N) is 2. The molecule has 4 amide bonds. The summed E-state index contributed by atoms with van der Waals surface area (Å²) in [5.74, 6) is 0.731. The number of fused-ring (bicyclic) bond motifs is 4. The fourth-order valence-electron chi connectivity index (χ4n) is 22.7. The number of anilines is 6. The molecule has 8 aromatic heterocycles. The van der Waals surface area contributed by atoms with Gasteiger partial charge < -0.3 is 100 Å². The van der Waals surface area contributed by atoms with E-state index in [1.807, 2.05) is 176 Å². The van der Waals surface area contributed by atoms with Gasteiger partial charge in [-0.3, -0.25) is 29.0 Å². The van der Waals surface area contributed by atoms with Crippen molar-refractivity contribution in [2.75, 3.05) is 162 Å². The molecule has 16 heterocycles. The van der Waals surface area contributed by atoms with Crippen molar-refractivity contribution in [2.45, 2.75) is 192 Å². The Bertz CT molecular complexity index is 6140. The van der Waals surface area contributed by atoms with E-state index in [2.05, 4.69) is 125 Å². The Morgan fingerprint density at radius 1 is 0.459 bits per heavy atom. The summed E-state index contributed by atoms with van der Waals surface area (Å²) in [6.45, 7) is 31.3. The van der Waals surface area contributed by atoms with Crippen LogP contribution in [-0.2, 0) is 32.0 Å². The number of likely N-dealkylation sites (tertiary alicyclic amines) is 2. The van der Waals surface area contributed by atoms with E-state index in [0.29, 0.717) is 108 Å². The molecule has 780 valence electrons. The number of aliphatic hydroxyl groups is 2. The van der Waals surface area contributed by atoms with Gasteiger partial charge in [0, 0.05) is 201 Å². The summed E-state index contributed by atoms with van der Waals surface area (Å²) < 4.78 is 24.2. The second kappa shape index (κ2) is 46.6. The third-order valence-electron chi connectivity index (χ3n) is 30.6. The van der Waals surface area contributed by atoms with Crippen LogP contribution in [-0.4, -0.2) is 304 Å². The standard InChI is InChI=1S/2C55H68N12O6S/c2*1-34(2)51(55(71)66-32-43(68)28-47(66)54(70)59-35(3)37-11-13-38(14-12-37)52-36(4)58-33-74-52)49-26-39(62-73-49)8-7-19-63-20-22-64(23-21-63)24-25-72-50-27-40(17-18-57-50)67-41-15-16-42(67)31-65(30-41)46-29-45(60-61-53(46)56)44-9-5-6-10-48(44)69/h2*5-6,9-14,17-18,26-27,29,33-35,41-43,47,51,68-69H,7-8,15-16,19-25,28,30-32H2,1-4H3,(H2,56,61)(H,59,70)/t35-,41?,42?,43+,47?,51+;35-,41?,42?,43+,47?,51-/m00/s1. The molecule has 12 aromatic rings. The van der Waals surface area contributed by atoms with Crippen LogP contribution in [0.3, 0.4) is 0 Å². The smallest absolute Gasteiger partial charge is 0.243 e. The number of nitrogens with two attached hydrogens (primary N) is 2. The Hall–Kier alpha value is -13.3. The molecule has 0 saturated carbocycles. The number of ether oxygens (including phenoxy) is 2. The Balaban J connectivity index is 0.000000186. The van der Waals surface area contributed by atoms with Crippen LogP contribution >= 0.6 is 22.7 Å². The third kappa shape index (κ3) is 23.8. The van der Waals surface area contributed by atoms with E-state index in [9.17, 15) is 39.6 Å². The van der Waals surface area contributed by atoms with Gasteiger partial charge in [0.2, 0.25) is 35.4 Å². The van der Waals surface area contributed by atoms with E-state index in [1.54, 1.807) is 46.9 Å². The molecule has 10 N–H and O–H groups in total. The molecule has 8 aliphatic rings. The SMILES string of the molecule is Cc1ncsc1-c1ccc([C@H](C)NC(=O)C2C[C@@H](O)CN2C(=O)[C@@H](c2cc(CCCN3CCN(CCOc4cc(N5C6CCC5CN(c5cc(-c7ccccc7O)nnc5N)C6)ccn4)CC3)no2)C(C)C)cc1.Cc1ncsc1-c1ccc([C@H](C)NC(=O)C2C[C@@H](O)CN2C(=O)[C@H](c2cc(CCCN3CCN(CCOc4cc(N5C6CCC5CN(c5cc(-c7ccccc7O)nnc5N)C6)ccn4)CC3)no2)C(C)C)cc1. The molecule has 0 radical (unpaired) electrons. The second-order valence-electron chi connectivity index (χ2n) is 41.3. The lowest BCUT2D eigenvalue weighted by molar-refractivity contribution is -0.141. The van der Waals surface area contributed by atoms with Crippen molar-refractivity contribution in [1.29, 1.82) is 0 Å². The monoisotopic (exact) mass is 2050 g/mol. The number of phenolic OH excluding ortho intramolecular Hbond substituents is 2. The van der Waals surface area contributed by atoms with E-state index < -0.39 is 36.1 Å². The second-order valence-corrected chi connectivity index (χ2v) is 43.0. The highest BCUT2D eigenvalue weighted by atomic mass is 32.1. The average Bonchev–Trinajstić information content (AvgIpc) is 1.64. The predicted molar refractivity (Wildman–Crippen MR) is 570 cm³/mol. The van der Waals surface area contributed by atoms with Gasteiger partial charge in [0.25, 0.3) is 0 Å². The molecule has 8 saturated heterocycles. The summed E-state index contributed by atoms with van der Waals surface area (Å²) in [5.41, 5.74) is 30.4. The first-order valence-corrected chi connectivity index (χ1v) is 54.0. The molecule has 4 aromatic carbocycles. The van der Waals surface area contributed by atoms with Gasteiger partial charge in [-0.05, 0) is 175 Å². The number of hydrogen-bond acceptors (Lipinski definition) is 34. The van der Waals surface area contributed by atoms with Crippen LogP contribution in [0.5, 0.6) is 23.3 Å². The zero-order chi connectivity index (χ0) is 103. The third-order valence-corrected chi connectivity index (χ3v) is 32.6. The number of aryl methyl sites for hydroxylation is 4. The van der Waals surface area contributed by atoms with Crippen molar-refractivity contribution in [1.82, 2.24) is 90.7 Å². The number of para-hydroxylation sites is 2. The van der Waals surface area contributed by atoms with Gasteiger partial charge in [0.15, 0.2) is 11.6 Å². The molecule has 8 fully saturated rings. The first kappa shape index (κ1) is 103. The lowest BCUT2D eigenvalue weighted by Gasteiger charge is -2.43. The molecule has 0 spiro atoms. The van der Waals surface area contributed by atoms with Crippen LogP contribution in [0, 0.1) is 25.7 Å². The molecule has 0 aliphatic carbocycles. The van der Waals surface area contributed by atoms with E-state index in [4.69, 9.17) is 30.0 Å². The minimum Gasteiger partial charge on any atom is -0.507 e. The van der Waals surface area contributed by atoms with Crippen molar-refractivity contribution < 1.29 is 58.1 Å². The molecule has 20 rings (SSSR count). The first-order chi connectivity index (χ1) is 71.7. The maximum absolute atomic E-state index is 14.3. The normalized spacial score (nSPS) is 21.1. The number of amides is 4. The zero-order valence-electron chi connectivity index (χ0n) is 85.4. The molecule has 36 nitrogen and oxygen atoms in total. The molecule has 38 heteroatoms. The minimum atomic E-state index is -0.802. The van der Waals surface area contributed by atoms with Crippen molar-refractivity contribution >= 4 is 80.7 Å². The zero-order valence-corrected chi connectivity index (χ0v) is 87.1. The number of aromatic nitrogens is 10. The maximum atomic E-state index is 14.3. The lowest BCUT2D eigenvalue weighted by atomic mass is 9.91. The number of pyridine rings is 2. The van der Waals surface area contributed by atoms with Gasteiger partial charge >= 0.3 is 0 Å². The van der Waals surface area contributed by atoms with E-state index >= 15 is 0 Å². The summed E-state index contributed by atoms with van der Waals surface area (Å²) in [6, 6.07) is 45.4. The van der Waals surface area contributed by atoms with Crippen LogP contribution in [0.15, 0.2) is 178 Å². The highest BCUT2D eigenvalue weighted by molar-refractivity contribution is 7.13. The topological polar surface area (TPSA) is 431 Å². The van der Waals surface area contributed by atoms with Crippen LogP contribution in [0.4, 0.5) is 34.4 Å². The van der Waals surface area contributed by atoms with E-state index in [-0.39, 0.29) is 85.0 Å². The Morgan fingerprint density at radius 3 is 1.19 bits per heavy atom. The molecular weight excluding hydrogens is 1910 g/mol. The highest BCUT2D eigenvalue weighted by Gasteiger charge is 2.48. The minimum absolute atomic E-state index is 0.0831.